The third kappa shape index (κ3) is 2.90. The topological polar surface area (TPSA) is 49.8 Å². The van der Waals surface area contributed by atoms with E-state index in [-0.39, 0.29) is 0 Å². The van der Waals surface area contributed by atoms with Gasteiger partial charge in [0.15, 0.2) is 0 Å². The van der Waals surface area contributed by atoms with E-state index in [0.29, 0.717) is 0 Å². The van der Waals surface area contributed by atoms with Crippen molar-refractivity contribution >= 4 is 17.3 Å². The number of aryl methyl sites for hydroxylation is 3. The number of aromatic nitrogens is 2. The van der Waals surface area contributed by atoms with Gasteiger partial charge in [-0.15, -0.1) is 0 Å². The lowest BCUT2D eigenvalue weighted by Crippen LogP contribution is -2.07. The molecule has 0 saturated carbocycles. The number of hydrogen-bond acceptors (Lipinski definition) is 4. The zero-order chi connectivity index (χ0) is 14.7. The third-order valence-corrected chi connectivity index (χ3v) is 3.39. The van der Waals surface area contributed by atoms with E-state index in [4.69, 9.17) is 0 Å². The maximum absolute atomic E-state index is 4.60. The molecule has 0 saturated heterocycles. The maximum Gasteiger partial charge on any atom is 0.139 e. The molecule has 4 nitrogen and oxygen atoms in total. The van der Waals surface area contributed by atoms with Gasteiger partial charge in [0.05, 0.1) is 0 Å². The highest BCUT2D eigenvalue weighted by Gasteiger charge is 2.10. The molecular formula is C16H22N4. The van der Waals surface area contributed by atoms with Crippen molar-refractivity contribution in [3.05, 3.63) is 40.7 Å². The van der Waals surface area contributed by atoms with Crippen molar-refractivity contribution in [2.24, 2.45) is 0 Å². The fourth-order valence-corrected chi connectivity index (χ4v) is 2.08. The van der Waals surface area contributed by atoms with Crippen LogP contribution in [0.15, 0.2) is 18.2 Å². The van der Waals surface area contributed by atoms with E-state index in [1.807, 2.05) is 14.0 Å². The molecule has 4 heteroatoms. The standard InChI is InChI=1S/C16H22N4/c1-6-14-19-15(17-5)12(4)16(20-14)18-13-9-10(2)7-8-11(13)3/h7-9H,6H2,1-5H3,(H2,17,18,19,20). The van der Waals surface area contributed by atoms with Crippen molar-refractivity contribution in [2.75, 3.05) is 17.7 Å². The minimum absolute atomic E-state index is 0.816. The lowest BCUT2D eigenvalue weighted by atomic mass is 10.1. The van der Waals surface area contributed by atoms with Crippen molar-refractivity contribution < 1.29 is 0 Å². The van der Waals surface area contributed by atoms with Gasteiger partial charge in [-0.05, 0) is 38.0 Å². The van der Waals surface area contributed by atoms with Crippen LogP contribution in [0.4, 0.5) is 17.3 Å². The highest BCUT2D eigenvalue weighted by Crippen LogP contribution is 2.26. The molecule has 106 valence electrons. The molecule has 0 amide bonds. The first kappa shape index (κ1) is 14.3. The number of rotatable bonds is 4. The zero-order valence-corrected chi connectivity index (χ0v) is 12.8. The summed E-state index contributed by atoms with van der Waals surface area (Å²) < 4.78 is 0. The van der Waals surface area contributed by atoms with Crippen LogP contribution in [0.2, 0.25) is 0 Å². The SMILES string of the molecule is CCc1nc(NC)c(C)c(Nc2cc(C)ccc2C)n1. The van der Waals surface area contributed by atoms with Crippen LogP contribution in [0.25, 0.3) is 0 Å². The van der Waals surface area contributed by atoms with Gasteiger partial charge >= 0.3 is 0 Å². The summed E-state index contributed by atoms with van der Waals surface area (Å²) in [5.74, 6) is 2.59. The Balaban J connectivity index is 2.44. The Kier molecular flexibility index (Phi) is 4.23. The van der Waals surface area contributed by atoms with Crippen molar-refractivity contribution in [1.82, 2.24) is 9.97 Å². The van der Waals surface area contributed by atoms with Gasteiger partial charge < -0.3 is 10.6 Å². The Labute approximate surface area is 120 Å². The summed E-state index contributed by atoms with van der Waals surface area (Å²) in [5.41, 5.74) is 4.56. The molecule has 2 aromatic rings. The van der Waals surface area contributed by atoms with Gasteiger partial charge in [-0.25, -0.2) is 9.97 Å². The Morgan fingerprint density at radius 2 is 1.75 bits per heavy atom. The Morgan fingerprint density at radius 3 is 2.40 bits per heavy atom. The van der Waals surface area contributed by atoms with Crippen LogP contribution in [-0.2, 0) is 6.42 Å². The first-order valence-electron chi connectivity index (χ1n) is 6.94. The molecule has 0 fully saturated rings. The highest BCUT2D eigenvalue weighted by atomic mass is 15.1. The molecule has 0 radical (unpaired) electrons. The summed E-state index contributed by atoms with van der Waals surface area (Å²) in [6.45, 7) is 8.27. The molecular weight excluding hydrogens is 248 g/mol. The fraction of sp³-hybridized carbons (Fsp3) is 0.375. The van der Waals surface area contributed by atoms with Crippen molar-refractivity contribution in [3.8, 4) is 0 Å². The van der Waals surface area contributed by atoms with Crippen LogP contribution in [0, 0.1) is 20.8 Å². The Hall–Kier alpha value is -2.10. The molecule has 0 aliphatic heterocycles. The van der Waals surface area contributed by atoms with E-state index in [9.17, 15) is 0 Å². The molecule has 2 rings (SSSR count). The van der Waals surface area contributed by atoms with Crippen molar-refractivity contribution in [3.63, 3.8) is 0 Å². The smallest absolute Gasteiger partial charge is 0.139 e. The molecule has 0 aliphatic rings. The molecule has 0 spiro atoms. The van der Waals surface area contributed by atoms with Gasteiger partial charge in [0.25, 0.3) is 0 Å². The molecule has 0 aliphatic carbocycles. The zero-order valence-electron chi connectivity index (χ0n) is 12.8. The molecule has 1 aromatic heterocycles. The second-order valence-electron chi connectivity index (χ2n) is 5.01. The molecule has 1 aromatic carbocycles. The largest absolute Gasteiger partial charge is 0.373 e. The van der Waals surface area contributed by atoms with Gasteiger partial charge in [0.2, 0.25) is 0 Å². The molecule has 20 heavy (non-hydrogen) atoms. The van der Waals surface area contributed by atoms with Crippen LogP contribution in [0.1, 0.15) is 29.4 Å². The normalized spacial score (nSPS) is 10.4. The monoisotopic (exact) mass is 270 g/mol. The van der Waals surface area contributed by atoms with Crippen LogP contribution >= 0.6 is 0 Å². The second kappa shape index (κ2) is 5.90. The first-order valence-corrected chi connectivity index (χ1v) is 6.94. The van der Waals surface area contributed by atoms with Crippen LogP contribution < -0.4 is 10.6 Å². The van der Waals surface area contributed by atoms with E-state index in [2.05, 4.69) is 59.6 Å². The van der Waals surface area contributed by atoms with E-state index in [1.54, 1.807) is 0 Å². The lowest BCUT2D eigenvalue weighted by Gasteiger charge is -2.15. The summed E-state index contributed by atoms with van der Waals surface area (Å²) in [6, 6.07) is 6.37. The minimum Gasteiger partial charge on any atom is -0.373 e. The number of nitrogens with one attached hydrogen (secondary N) is 2. The summed E-state index contributed by atoms with van der Waals surface area (Å²) in [6.07, 6.45) is 0.816. The number of nitrogens with zero attached hydrogens (tertiary/aromatic N) is 2. The molecule has 0 unspecified atom stereocenters. The van der Waals surface area contributed by atoms with E-state index in [1.165, 1.54) is 11.1 Å². The van der Waals surface area contributed by atoms with Crippen LogP contribution in [-0.4, -0.2) is 17.0 Å². The highest BCUT2D eigenvalue weighted by molar-refractivity contribution is 5.67. The summed E-state index contributed by atoms with van der Waals surface area (Å²) >= 11 is 0. The van der Waals surface area contributed by atoms with Crippen LogP contribution in [0.5, 0.6) is 0 Å². The van der Waals surface area contributed by atoms with Crippen molar-refractivity contribution in [2.45, 2.75) is 34.1 Å². The Morgan fingerprint density at radius 1 is 1.05 bits per heavy atom. The lowest BCUT2D eigenvalue weighted by molar-refractivity contribution is 0.935. The average Bonchev–Trinajstić information content (AvgIpc) is 2.45. The summed E-state index contributed by atoms with van der Waals surface area (Å²) in [5, 5.41) is 6.57. The van der Waals surface area contributed by atoms with Crippen molar-refractivity contribution in [1.29, 1.82) is 0 Å². The molecule has 0 atom stereocenters. The number of benzene rings is 1. The number of anilines is 3. The predicted molar refractivity (Wildman–Crippen MR) is 84.9 cm³/mol. The van der Waals surface area contributed by atoms with Gasteiger partial charge in [-0.2, -0.15) is 0 Å². The molecule has 0 bridgehead atoms. The summed E-state index contributed by atoms with van der Waals surface area (Å²) in [4.78, 5) is 9.09. The van der Waals surface area contributed by atoms with E-state index in [0.717, 1.165) is 35.1 Å². The Bertz CT molecular complexity index is 620. The van der Waals surface area contributed by atoms with Crippen LogP contribution in [0.3, 0.4) is 0 Å². The number of hydrogen-bond donors (Lipinski definition) is 2. The van der Waals surface area contributed by atoms with Gasteiger partial charge in [0, 0.05) is 24.7 Å². The third-order valence-electron chi connectivity index (χ3n) is 3.39. The average molecular weight is 270 g/mol. The second-order valence-corrected chi connectivity index (χ2v) is 5.01. The molecule has 1 heterocycles. The quantitative estimate of drug-likeness (QED) is 0.888. The fourth-order valence-electron chi connectivity index (χ4n) is 2.08. The van der Waals surface area contributed by atoms with Gasteiger partial charge in [-0.3, -0.25) is 0 Å². The van der Waals surface area contributed by atoms with Gasteiger partial charge in [0.1, 0.15) is 17.5 Å². The summed E-state index contributed by atoms with van der Waals surface area (Å²) in [7, 11) is 1.89. The first-order chi connectivity index (χ1) is 9.55. The predicted octanol–water partition coefficient (Wildman–Crippen LogP) is 3.75. The van der Waals surface area contributed by atoms with Gasteiger partial charge in [-0.1, -0.05) is 19.1 Å². The minimum atomic E-state index is 0.816. The van der Waals surface area contributed by atoms with E-state index < -0.39 is 0 Å². The van der Waals surface area contributed by atoms with E-state index >= 15 is 0 Å². The maximum atomic E-state index is 4.60. The molecule has 2 N–H and O–H groups in total.